The Morgan fingerprint density at radius 2 is 2.06 bits per heavy atom. The summed E-state index contributed by atoms with van der Waals surface area (Å²) in [7, 11) is 1.83. The quantitative estimate of drug-likeness (QED) is 0.885. The number of benzene rings is 1. The highest BCUT2D eigenvalue weighted by atomic mass is 35.5. The second-order valence-electron chi connectivity index (χ2n) is 3.91. The zero-order valence-corrected chi connectivity index (χ0v) is 10.7. The number of rotatable bonds is 2. The van der Waals surface area contributed by atoms with Crippen molar-refractivity contribution in [2.75, 3.05) is 7.05 Å². The maximum absolute atomic E-state index is 12.0. The Bertz CT molecular complexity index is 394. The molecular formula is C12H15Cl2NO. The molecule has 1 unspecified atom stereocenters. The molecule has 0 amide bonds. The first-order valence-electron chi connectivity index (χ1n) is 5.18. The van der Waals surface area contributed by atoms with Gasteiger partial charge in [-0.2, -0.15) is 0 Å². The Kier molecular flexibility index (Phi) is 4.36. The average molecular weight is 260 g/mol. The highest BCUT2D eigenvalue weighted by Gasteiger charge is 2.43. The molecule has 1 fully saturated rings. The standard InChI is InChI=1S/C12H14ClNO.ClH/c1-14-12(8-4-7-11(12)15)9-5-2-3-6-10(9)13;/h2-3,5-6,14H,4,7-8H2,1H3;1H. The predicted molar refractivity (Wildman–Crippen MR) is 68.3 cm³/mol. The second kappa shape index (κ2) is 5.17. The minimum Gasteiger partial charge on any atom is -0.304 e. The van der Waals surface area contributed by atoms with E-state index in [4.69, 9.17) is 11.6 Å². The predicted octanol–water partition coefficient (Wildman–Crippen LogP) is 2.93. The first-order valence-corrected chi connectivity index (χ1v) is 5.56. The van der Waals surface area contributed by atoms with Crippen LogP contribution in [0.2, 0.25) is 5.02 Å². The van der Waals surface area contributed by atoms with Gasteiger partial charge in [-0.15, -0.1) is 12.4 Å². The van der Waals surface area contributed by atoms with Crippen molar-refractivity contribution in [1.82, 2.24) is 5.32 Å². The van der Waals surface area contributed by atoms with E-state index in [-0.39, 0.29) is 18.2 Å². The first-order chi connectivity index (χ1) is 7.20. The van der Waals surface area contributed by atoms with Crippen LogP contribution in [0.4, 0.5) is 0 Å². The van der Waals surface area contributed by atoms with E-state index in [1.54, 1.807) is 0 Å². The lowest BCUT2D eigenvalue weighted by atomic mass is 9.87. The van der Waals surface area contributed by atoms with Gasteiger partial charge < -0.3 is 5.32 Å². The molecule has 1 aliphatic carbocycles. The molecule has 0 heterocycles. The van der Waals surface area contributed by atoms with Crippen LogP contribution < -0.4 is 5.32 Å². The van der Waals surface area contributed by atoms with Crippen LogP contribution in [0.1, 0.15) is 24.8 Å². The summed E-state index contributed by atoms with van der Waals surface area (Å²) < 4.78 is 0. The largest absolute Gasteiger partial charge is 0.304 e. The SMILES string of the molecule is CNC1(c2ccccc2Cl)CCCC1=O.Cl. The van der Waals surface area contributed by atoms with E-state index in [1.165, 1.54) is 0 Å². The van der Waals surface area contributed by atoms with Gasteiger partial charge in [0.1, 0.15) is 5.54 Å². The lowest BCUT2D eigenvalue weighted by Crippen LogP contribution is -2.43. The summed E-state index contributed by atoms with van der Waals surface area (Å²) in [5.41, 5.74) is 0.370. The summed E-state index contributed by atoms with van der Waals surface area (Å²) in [6, 6.07) is 7.57. The van der Waals surface area contributed by atoms with E-state index < -0.39 is 5.54 Å². The van der Waals surface area contributed by atoms with Crippen molar-refractivity contribution < 1.29 is 4.79 Å². The minimum atomic E-state index is -0.543. The molecule has 4 heteroatoms. The van der Waals surface area contributed by atoms with Crippen molar-refractivity contribution in [3.8, 4) is 0 Å². The van der Waals surface area contributed by atoms with E-state index in [1.807, 2.05) is 31.3 Å². The molecule has 0 aromatic heterocycles. The number of likely N-dealkylation sites (N-methyl/N-ethyl adjacent to an activating group) is 1. The van der Waals surface area contributed by atoms with E-state index in [0.717, 1.165) is 18.4 Å². The Balaban J connectivity index is 0.00000128. The van der Waals surface area contributed by atoms with E-state index in [2.05, 4.69) is 5.32 Å². The molecule has 16 heavy (non-hydrogen) atoms. The monoisotopic (exact) mass is 259 g/mol. The number of carbonyl (C=O) groups excluding carboxylic acids is 1. The zero-order valence-electron chi connectivity index (χ0n) is 9.13. The minimum absolute atomic E-state index is 0. The Morgan fingerprint density at radius 1 is 1.38 bits per heavy atom. The number of nitrogens with one attached hydrogen (secondary N) is 1. The molecule has 88 valence electrons. The van der Waals surface area contributed by atoms with Crippen LogP contribution >= 0.6 is 24.0 Å². The van der Waals surface area contributed by atoms with Gasteiger partial charge >= 0.3 is 0 Å². The first kappa shape index (κ1) is 13.5. The maximum Gasteiger partial charge on any atom is 0.157 e. The van der Waals surface area contributed by atoms with Crippen molar-refractivity contribution >= 4 is 29.8 Å². The second-order valence-corrected chi connectivity index (χ2v) is 4.32. The summed E-state index contributed by atoms with van der Waals surface area (Å²) in [5, 5.41) is 3.82. The van der Waals surface area contributed by atoms with Gasteiger partial charge in [-0.3, -0.25) is 4.79 Å². The summed E-state index contributed by atoms with van der Waals surface area (Å²) in [4.78, 5) is 12.0. The zero-order chi connectivity index (χ0) is 10.9. The molecule has 1 N–H and O–H groups in total. The summed E-state index contributed by atoms with van der Waals surface area (Å²) >= 11 is 6.15. The van der Waals surface area contributed by atoms with Crippen molar-refractivity contribution in [1.29, 1.82) is 0 Å². The summed E-state index contributed by atoms with van der Waals surface area (Å²) in [6.45, 7) is 0. The third-order valence-electron chi connectivity index (χ3n) is 3.19. The fourth-order valence-corrected chi connectivity index (χ4v) is 2.66. The maximum atomic E-state index is 12.0. The smallest absolute Gasteiger partial charge is 0.157 e. The highest BCUT2D eigenvalue weighted by Crippen LogP contribution is 2.38. The molecule has 0 aliphatic heterocycles. The lowest BCUT2D eigenvalue weighted by molar-refractivity contribution is -0.123. The van der Waals surface area contributed by atoms with Gasteiger partial charge in [-0.1, -0.05) is 29.8 Å². The van der Waals surface area contributed by atoms with Crippen LogP contribution in [0.5, 0.6) is 0 Å². The third kappa shape index (κ3) is 1.97. The Morgan fingerprint density at radius 3 is 2.56 bits per heavy atom. The molecule has 0 radical (unpaired) electrons. The van der Waals surface area contributed by atoms with Gasteiger partial charge in [0.25, 0.3) is 0 Å². The number of ketones is 1. The Hall–Kier alpha value is -0.570. The number of hydrogen-bond donors (Lipinski definition) is 1. The van der Waals surface area contributed by atoms with Crippen LogP contribution in [0.15, 0.2) is 24.3 Å². The Labute approximate surface area is 107 Å². The summed E-state index contributed by atoms with van der Waals surface area (Å²) in [5.74, 6) is 0.248. The number of carbonyl (C=O) groups is 1. The number of halogens is 2. The van der Waals surface area contributed by atoms with Gasteiger partial charge in [0.15, 0.2) is 5.78 Å². The molecule has 0 bridgehead atoms. The normalized spacial score (nSPS) is 24.2. The van der Waals surface area contributed by atoms with Gasteiger partial charge in [0.2, 0.25) is 0 Å². The van der Waals surface area contributed by atoms with Crippen LogP contribution in [-0.4, -0.2) is 12.8 Å². The van der Waals surface area contributed by atoms with Crippen molar-refractivity contribution in [3.63, 3.8) is 0 Å². The van der Waals surface area contributed by atoms with Crippen molar-refractivity contribution in [2.45, 2.75) is 24.8 Å². The van der Waals surface area contributed by atoms with Gasteiger partial charge in [-0.05, 0) is 31.5 Å². The topological polar surface area (TPSA) is 29.1 Å². The number of hydrogen-bond acceptors (Lipinski definition) is 2. The molecule has 1 aromatic rings. The van der Waals surface area contributed by atoms with Crippen molar-refractivity contribution in [2.24, 2.45) is 0 Å². The molecule has 1 saturated carbocycles. The van der Waals surface area contributed by atoms with Crippen LogP contribution in [0.3, 0.4) is 0 Å². The summed E-state index contributed by atoms with van der Waals surface area (Å²) in [6.07, 6.45) is 2.42. The fraction of sp³-hybridized carbons (Fsp3) is 0.417. The molecule has 0 spiro atoms. The van der Waals surface area contributed by atoms with E-state index in [0.29, 0.717) is 11.4 Å². The molecular weight excluding hydrogens is 245 g/mol. The fourth-order valence-electron chi connectivity index (χ4n) is 2.36. The van der Waals surface area contributed by atoms with E-state index in [9.17, 15) is 4.79 Å². The molecule has 1 aliphatic rings. The lowest BCUT2D eigenvalue weighted by Gasteiger charge is -2.28. The van der Waals surface area contributed by atoms with Gasteiger partial charge in [0, 0.05) is 11.4 Å². The average Bonchev–Trinajstić information content (AvgIpc) is 2.61. The molecule has 2 nitrogen and oxygen atoms in total. The number of Topliss-reactive ketones (excluding diaryl/α,β-unsaturated/α-hetero) is 1. The highest BCUT2D eigenvalue weighted by molar-refractivity contribution is 6.31. The van der Waals surface area contributed by atoms with Crippen molar-refractivity contribution in [3.05, 3.63) is 34.9 Å². The molecule has 0 saturated heterocycles. The van der Waals surface area contributed by atoms with Crippen LogP contribution in [0.25, 0.3) is 0 Å². The third-order valence-corrected chi connectivity index (χ3v) is 3.52. The molecule has 1 aromatic carbocycles. The van der Waals surface area contributed by atoms with Gasteiger partial charge in [-0.25, -0.2) is 0 Å². The molecule has 1 atom stereocenters. The molecule has 2 rings (SSSR count). The van der Waals surface area contributed by atoms with Gasteiger partial charge in [0.05, 0.1) is 0 Å². The van der Waals surface area contributed by atoms with Crippen LogP contribution in [-0.2, 0) is 10.3 Å². The van der Waals surface area contributed by atoms with E-state index >= 15 is 0 Å². The van der Waals surface area contributed by atoms with Crippen LogP contribution in [0, 0.1) is 0 Å².